The van der Waals surface area contributed by atoms with E-state index in [9.17, 15) is 0 Å². The normalized spacial score (nSPS) is 16.6. The van der Waals surface area contributed by atoms with Crippen molar-refractivity contribution in [3.8, 4) is 0 Å². The van der Waals surface area contributed by atoms with Crippen molar-refractivity contribution < 1.29 is 9.47 Å². The lowest BCUT2D eigenvalue weighted by molar-refractivity contribution is 0.181. The number of aromatic nitrogens is 1. The minimum atomic E-state index is 0.566. The molecule has 0 radical (unpaired) electrons. The number of aliphatic imine (C=N–C) groups is 1. The highest BCUT2D eigenvalue weighted by Crippen LogP contribution is 2.30. The van der Waals surface area contributed by atoms with Gasteiger partial charge in [-0.3, -0.25) is 4.99 Å². The minimum Gasteiger partial charge on any atom is -0.378 e. The highest BCUT2D eigenvalue weighted by atomic mass is 16.5. The van der Waals surface area contributed by atoms with Gasteiger partial charge in [0.25, 0.3) is 0 Å². The molecule has 0 fully saturated rings. The molecule has 1 N–H and O–H groups in total. The fourth-order valence-corrected chi connectivity index (χ4v) is 3.28. The molecule has 126 valence electrons. The quantitative estimate of drug-likeness (QED) is 0.819. The van der Waals surface area contributed by atoms with Gasteiger partial charge in [0, 0.05) is 25.6 Å². The van der Waals surface area contributed by atoms with E-state index < -0.39 is 0 Å². The minimum absolute atomic E-state index is 0.566. The first kappa shape index (κ1) is 17.7. The number of aromatic amines is 1. The maximum atomic E-state index is 5.31. The third-order valence-electron chi connectivity index (χ3n) is 4.51. The van der Waals surface area contributed by atoms with Crippen LogP contribution < -0.4 is 0 Å². The van der Waals surface area contributed by atoms with Crippen LogP contribution in [0.15, 0.2) is 21.8 Å². The van der Waals surface area contributed by atoms with Gasteiger partial charge in [-0.15, -0.1) is 0 Å². The standard InChI is InChI=1S/C19H28N2O2/c1-7-14-12(3)16(20-18(14)10-22-5)9-17-13(4)15(8-2)19(21-17)11-23-6/h9,20H,7-8,10-11H2,1-6H3/b17-9-. The Labute approximate surface area is 139 Å². The summed E-state index contributed by atoms with van der Waals surface area (Å²) in [5.41, 5.74) is 9.55. The Balaban J connectivity index is 2.44. The Morgan fingerprint density at radius 2 is 1.74 bits per heavy atom. The second-order valence-corrected chi connectivity index (χ2v) is 5.89. The molecule has 1 aromatic heterocycles. The van der Waals surface area contributed by atoms with E-state index >= 15 is 0 Å². The molecule has 4 nitrogen and oxygen atoms in total. The first-order valence-electron chi connectivity index (χ1n) is 8.25. The molecule has 0 amide bonds. The summed E-state index contributed by atoms with van der Waals surface area (Å²) in [5, 5.41) is 0. The first-order valence-corrected chi connectivity index (χ1v) is 8.25. The molecular weight excluding hydrogens is 288 g/mol. The van der Waals surface area contributed by atoms with Crippen LogP contribution in [0.25, 0.3) is 6.08 Å². The predicted molar refractivity (Wildman–Crippen MR) is 95.9 cm³/mol. The Morgan fingerprint density at radius 1 is 1.04 bits per heavy atom. The van der Waals surface area contributed by atoms with E-state index in [4.69, 9.17) is 14.5 Å². The monoisotopic (exact) mass is 316 g/mol. The summed E-state index contributed by atoms with van der Waals surface area (Å²) in [6.45, 7) is 9.83. The lowest BCUT2D eigenvalue weighted by Crippen LogP contribution is -2.07. The highest BCUT2D eigenvalue weighted by molar-refractivity contribution is 6.06. The zero-order chi connectivity index (χ0) is 17.0. The Hall–Kier alpha value is -1.65. The van der Waals surface area contributed by atoms with E-state index in [1.54, 1.807) is 14.2 Å². The Kier molecular flexibility index (Phi) is 5.97. The molecule has 0 unspecified atom stereocenters. The number of hydrogen-bond acceptors (Lipinski definition) is 3. The number of methoxy groups -OCH3 is 2. The Morgan fingerprint density at radius 3 is 2.30 bits per heavy atom. The van der Waals surface area contributed by atoms with Crippen LogP contribution in [0.3, 0.4) is 0 Å². The molecule has 4 heteroatoms. The summed E-state index contributed by atoms with van der Waals surface area (Å²) < 4.78 is 10.6. The largest absolute Gasteiger partial charge is 0.378 e. The number of nitrogens with one attached hydrogen (secondary N) is 1. The maximum Gasteiger partial charge on any atom is 0.0887 e. The van der Waals surface area contributed by atoms with Crippen molar-refractivity contribution in [3.05, 3.63) is 39.4 Å². The van der Waals surface area contributed by atoms with Gasteiger partial charge < -0.3 is 14.5 Å². The third kappa shape index (κ3) is 3.48. The van der Waals surface area contributed by atoms with Gasteiger partial charge in [-0.1, -0.05) is 13.8 Å². The molecule has 0 bridgehead atoms. The fourth-order valence-electron chi connectivity index (χ4n) is 3.28. The van der Waals surface area contributed by atoms with Crippen LogP contribution in [0.5, 0.6) is 0 Å². The topological polar surface area (TPSA) is 46.6 Å². The van der Waals surface area contributed by atoms with E-state index in [0.717, 1.165) is 35.6 Å². The summed E-state index contributed by atoms with van der Waals surface area (Å²) in [4.78, 5) is 8.29. The van der Waals surface area contributed by atoms with Crippen LogP contribution in [0.2, 0.25) is 0 Å². The third-order valence-corrected chi connectivity index (χ3v) is 4.51. The van der Waals surface area contributed by atoms with E-state index in [2.05, 4.69) is 38.8 Å². The molecule has 23 heavy (non-hydrogen) atoms. The van der Waals surface area contributed by atoms with E-state index in [1.165, 1.54) is 22.3 Å². The van der Waals surface area contributed by atoms with Crippen molar-refractivity contribution in [3.63, 3.8) is 0 Å². The van der Waals surface area contributed by atoms with E-state index in [-0.39, 0.29) is 0 Å². The smallest absolute Gasteiger partial charge is 0.0887 e. The second kappa shape index (κ2) is 7.75. The van der Waals surface area contributed by atoms with Gasteiger partial charge >= 0.3 is 0 Å². The van der Waals surface area contributed by atoms with Gasteiger partial charge in [0.05, 0.1) is 24.6 Å². The molecule has 0 aromatic carbocycles. The molecule has 1 aromatic rings. The molecule has 0 spiro atoms. The average molecular weight is 316 g/mol. The SMILES string of the molecule is CCC1=C(C)/C(=C/c2[nH]c(COC)c(CC)c2C)N=C1COC. The van der Waals surface area contributed by atoms with E-state index in [0.29, 0.717) is 13.2 Å². The van der Waals surface area contributed by atoms with Crippen molar-refractivity contribution in [1.82, 2.24) is 4.98 Å². The second-order valence-electron chi connectivity index (χ2n) is 5.89. The summed E-state index contributed by atoms with van der Waals surface area (Å²) in [7, 11) is 3.44. The van der Waals surface area contributed by atoms with Crippen LogP contribution >= 0.6 is 0 Å². The van der Waals surface area contributed by atoms with Crippen LogP contribution in [0.1, 0.15) is 49.7 Å². The summed E-state index contributed by atoms with van der Waals surface area (Å²) in [5.74, 6) is 0. The van der Waals surface area contributed by atoms with Crippen LogP contribution in [0, 0.1) is 6.92 Å². The zero-order valence-corrected chi connectivity index (χ0v) is 15.2. The van der Waals surface area contributed by atoms with Crippen molar-refractivity contribution in [2.75, 3.05) is 20.8 Å². The van der Waals surface area contributed by atoms with Gasteiger partial charge in [0.15, 0.2) is 0 Å². The van der Waals surface area contributed by atoms with Gasteiger partial charge in [0.2, 0.25) is 0 Å². The summed E-state index contributed by atoms with van der Waals surface area (Å²) in [6, 6.07) is 0. The Bertz CT molecular complexity index is 663. The highest BCUT2D eigenvalue weighted by Gasteiger charge is 2.20. The molecular formula is C19H28N2O2. The molecule has 1 aliphatic heterocycles. The molecule has 0 saturated carbocycles. The number of H-pyrrole nitrogens is 1. The average Bonchev–Trinajstić information content (AvgIpc) is 2.98. The van der Waals surface area contributed by atoms with Gasteiger partial charge in [-0.2, -0.15) is 0 Å². The molecule has 1 aliphatic rings. The lowest BCUT2D eigenvalue weighted by Gasteiger charge is -2.03. The fraction of sp³-hybridized carbons (Fsp3) is 0.526. The number of nitrogens with zero attached hydrogens (tertiary/aromatic N) is 1. The van der Waals surface area contributed by atoms with Crippen molar-refractivity contribution >= 4 is 11.8 Å². The lowest BCUT2D eigenvalue weighted by atomic mass is 10.0. The number of rotatable bonds is 7. The maximum absolute atomic E-state index is 5.31. The molecule has 0 atom stereocenters. The molecule has 2 rings (SSSR count). The van der Waals surface area contributed by atoms with Crippen LogP contribution in [-0.2, 0) is 22.5 Å². The van der Waals surface area contributed by atoms with E-state index in [1.807, 2.05) is 0 Å². The van der Waals surface area contributed by atoms with Gasteiger partial charge in [-0.05, 0) is 55.0 Å². The molecule has 0 saturated heterocycles. The molecule has 0 aliphatic carbocycles. The van der Waals surface area contributed by atoms with Crippen molar-refractivity contribution in [1.29, 1.82) is 0 Å². The zero-order valence-electron chi connectivity index (χ0n) is 15.2. The predicted octanol–water partition coefficient (Wildman–Crippen LogP) is 4.20. The first-order chi connectivity index (χ1) is 11.1. The van der Waals surface area contributed by atoms with Crippen molar-refractivity contribution in [2.24, 2.45) is 4.99 Å². The number of ether oxygens (including phenoxy) is 2. The van der Waals surface area contributed by atoms with Gasteiger partial charge in [-0.25, -0.2) is 0 Å². The number of allylic oxidation sites excluding steroid dienone is 1. The number of hydrogen-bond donors (Lipinski definition) is 1. The molecule has 2 heterocycles. The van der Waals surface area contributed by atoms with Crippen molar-refractivity contribution in [2.45, 2.75) is 47.1 Å². The van der Waals surface area contributed by atoms with Gasteiger partial charge in [0.1, 0.15) is 0 Å². The summed E-state index contributed by atoms with van der Waals surface area (Å²) in [6.07, 6.45) is 4.13. The van der Waals surface area contributed by atoms with Crippen LogP contribution in [-0.4, -0.2) is 31.5 Å². The summed E-state index contributed by atoms with van der Waals surface area (Å²) >= 11 is 0. The van der Waals surface area contributed by atoms with Crippen LogP contribution in [0.4, 0.5) is 0 Å².